The monoisotopic (exact) mass is 224 g/mol. The van der Waals surface area contributed by atoms with Crippen LogP contribution in [0.15, 0.2) is 30.5 Å². The van der Waals surface area contributed by atoms with Crippen LogP contribution in [0.5, 0.6) is 5.75 Å². The lowest BCUT2D eigenvalue weighted by atomic mass is 10.3. The van der Waals surface area contributed by atoms with E-state index in [4.69, 9.17) is 10.5 Å². The Kier molecular flexibility index (Phi) is 2.82. The van der Waals surface area contributed by atoms with Crippen molar-refractivity contribution < 1.29 is 9.13 Å². The molecule has 0 aliphatic carbocycles. The number of nitrogens with zero attached hydrogens (tertiary/aromatic N) is 1. The highest BCUT2D eigenvalue weighted by Gasteiger charge is 2.00. The van der Waals surface area contributed by atoms with Gasteiger partial charge in [0.1, 0.15) is 28.2 Å². The number of hydrogen-bond donors (Lipinski definition) is 1. The van der Waals surface area contributed by atoms with E-state index in [2.05, 4.69) is 4.98 Å². The second-order valence-electron chi connectivity index (χ2n) is 2.90. The van der Waals surface area contributed by atoms with Crippen molar-refractivity contribution in [2.75, 3.05) is 5.73 Å². The Bertz CT molecular complexity index is 441. The minimum atomic E-state index is -0.277. The molecule has 0 amide bonds. The van der Waals surface area contributed by atoms with Crippen molar-refractivity contribution in [2.45, 2.75) is 6.61 Å². The summed E-state index contributed by atoms with van der Waals surface area (Å²) < 4.78 is 18.0. The lowest BCUT2D eigenvalue weighted by Gasteiger charge is -2.02. The summed E-state index contributed by atoms with van der Waals surface area (Å²) in [6, 6.07) is 5.86. The van der Waals surface area contributed by atoms with E-state index >= 15 is 0 Å². The Balaban J connectivity index is 1.96. The molecule has 2 N–H and O–H groups in total. The van der Waals surface area contributed by atoms with Gasteiger partial charge in [0, 0.05) is 0 Å². The van der Waals surface area contributed by atoms with Crippen LogP contribution in [-0.4, -0.2) is 4.98 Å². The summed E-state index contributed by atoms with van der Waals surface area (Å²) in [4.78, 5) is 4.04. The molecule has 2 aromatic rings. The molecular formula is C10H9FN2OS. The summed E-state index contributed by atoms with van der Waals surface area (Å²) in [7, 11) is 0. The van der Waals surface area contributed by atoms with Gasteiger partial charge in [0.25, 0.3) is 0 Å². The lowest BCUT2D eigenvalue weighted by molar-refractivity contribution is 0.305. The summed E-state index contributed by atoms with van der Waals surface area (Å²) in [6.45, 7) is 0.355. The van der Waals surface area contributed by atoms with Crippen LogP contribution in [0.2, 0.25) is 0 Å². The molecule has 0 spiro atoms. The Morgan fingerprint density at radius 2 is 2.07 bits per heavy atom. The van der Waals surface area contributed by atoms with Gasteiger partial charge in [-0.1, -0.05) is 11.3 Å². The van der Waals surface area contributed by atoms with Crippen LogP contribution < -0.4 is 10.5 Å². The molecule has 0 saturated heterocycles. The van der Waals surface area contributed by atoms with E-state index in [1.54, 1.807) is 18.3 Å². The van der Waals surface area contributed by atoms with Crippen LogP contribution in [0.1, 0.15) is 5.01 Å². The quantitative estimate of drug-likeness (QED) is 0.871. The largest absolute Gasteiger partial charge is 0.486 e. The number of halogens is 1. The molecule has 3 nitrogen and oxygen atoms in total. The zero-order valence-corrected chi connectivity index (χ0v) is 8.63. The van der Waals surface area contributed by atoms with Crippen molar-refractivity contribution in [3.05, 3.63) is 41.3 Å². The average molecular weight is 224 g/mol. The predicted molar refractivity (Wildman–Crippen MR) is 57.3 cm³/mol. The number of nitrogens with two attached hydrogens (primary N) is 1. The molecule has 0 radical (unpaired) electrons. The van der Waals surface area contributed by atoms with Crippen molar-refractivity contribution >= 4 is 16.3 Å². The van der Waals surface area contributed by atoms with E-state index in [0.717, 1.165) is 5.01 Å². The normalized spacial score (nSPS) is 10.2. The minimum absolute atomic E-state index is 0.277. The maximum Gasteiger partial charge on any atom is 0.140 e. The molecule has 2 rings (SSSR count). The van der Waals surface area contributed by atoms with Gasteiger partial charge >= 0.3 is 0 Å². The van der Waals surface area contributed by atoms with E-state index in [-0.39, 0.29) is 5.82 Å². The van der Waals surface area contributed by atoms with Crippen LogP contribution in [0.4, 0.5) is 9.39 Å². The van der Waals surface area contributed by atoms with E-state index in [9.17, 15) is 4.39 Å². The van der Waals surface area contributed by atoms with Crippen LogP contribution in [0, 0.1) is 5.82 Å². The lowest BCUT2D eigenvalue weighted by Crippen LogP contribution is -1.94. The molecule has 0 aliphatic rings. The first-order valence-electron chi connectivity index (χ1n) is 4.32. The number of hydrogen-bond acceptors (Lipinski definition) is 4. The molecule has 0 saturated carbocycles. The molecule has 15 heavy (non-hydrogen) atoms. The van der Waals surface area contributed by atoms with Gasteiger partial charge in [0.05, 0.1) is 6.20 Å². The Morgan fingerprint density at radius 1 is 1.33 bits per heavy atom. The fourth-order valence-electron chi connectivity index (χ4n) is 1.07. The van der Waals surface area contributed by atoms with E-state index in [1.807, 2.05) is 0 Å². The molecule has 0 aliphatic heterocycles. The summed E-state index contributed by atoms with van der Waals surface area (Å²) >= 11 is 1.38. The van der Waals surface area contributed by atoms with E-state index < -0.39 is 0 Å². The van der Waals surface area contributed by atoms with Gasteiger partial charge < -0.3 is 10.5 Å². The maximum absolute atomic E-state index is 12.6. The van der Waals surface area contributed by atoms with Crippen LogP contribution in [0.3, 0.4) is 0 Å². The predicted octanol–water partition coefficient (Wildman–Crippen LogP) is 2.44. The zero-order chi connectivity index (χ0) is 10.7. The first-order valence-corrected chi connectivity index (χ1v) is 5.14. The topological polar surface area (TPSA) is 48.1 Å². The zero-order valence-electron chi connectivity index (χ0n) is 7.81. The first kappa shape index (κ1) is 9.92. The van der Waals surface area contributed by atoms with E-state index in [0.29, 0.717) is 17.4 Å². The van der Waals surface area contributed by atoms with Gasteiger partial charge in [-0.3, -0.25) is 0 Å². The number of rotatable bonds is 3. The first-order chi connectivity index (χ1) is 7.24. The SMILES string of the molecule is Nc1cnc(COc2ccc(F)cc2)s1. The number of anilines is 1. The fourth-order valence-corrected chi connectivity index (χ4v) is 1.67. The smallest absolute Gasteiger partial charge is 0.140 e. The molecule has 0 bridgehead atoms. The highest BCUT2D eigenvalue weighted by atomic mass is 32.1. The molecule has 0 atom stereocenters. The molecule has 0 unspecified atom stereocenters. The maximum atomic E-state index is 12.6. The summed E-state index contributed by atoms with van der Waals surface area (Å²) in [5.41, 5.74) is 5.52. The number of benzene rings is 1. The standard InChI is InChI=1S/C10H9FN2OS/c11-7-1-3-8(4-2-7)14-6-10-13-5-9(12)15-10/h1-5H,6,12H2. The molecule has 5 heteroatoms. The highest BCUT2D eigenvalue weighted by Crippen LogP contribution is 2.17. The van der Waals surface area contributed by atoms with Crippen LogP contribution in [-0.2, 0) is 6.61 Å². The Hall–Kier alpha value is -1.62. The van der Waals surface area contributed by atoms with Crippen LogP contribution >= 0.6 is 11.3 Å². The molecule has 0 fully saturated rings. The van der Waals surface area contributed by atoms with E-state index in [1.165, 1.54) is 23.5 Å². The Morgan fingerprint density at radius 3 is 2.67 bits per heavy atom. The van der Waals surface area contributed by atoms with Crippen molar-refractivity contribution in [3.8, 4) is 5.75 Å². The van der Waals surface area contributed by atoms with Gasteiger partial charge in [0.2, 0.25) is 0 Å². The molecule has 1 aromatic carbocycles. The van der Waals surface area contributed by atoms with Gasteiger partial charge in [-0.25, -0.2) is 9.37 Å². The highest BCUT2D eigenvalue weighted by molar-refractivity contribution is 7.15. The summed E-state index contributed by atoms with van der Waals surface area (Å²) in [6.07, 6.45) is 1.59. The third-order valence-electron chi connectivity index (χ3n) is 1.75. The minimum Gasteiger partial charge on any atom is -0.486 e. The van der Waals surface area contributed by atoms with Crippen molar-refractivity contribution in [1.82, 2.24) is 4.98 Å². The number of ether oxygens (including phenoxy) is 1. The number of nitrogen functional groups attached to an aromatic ring is 1. The third-order valence-corrected chi connectivity index (χ3v) is 2.55. The molecular weight excluding hydrogens is 215 g/mol. The molecule has 1 heterocycles. The van der Waals surface area contributed by atoms with Gasteiger partial charge in [-0.05, 0) is 24.3 Å². The fraction of sp³-hybridized carbons (Fsp3) is 0.100. The van der Waals surface area contributed by atoms with Gasteiger partial charge in [-0.2, -0.15) is 0 Å². The van der Waals surface area contributed by atoms with Crippen molar-refractivity contribution in [2.24, 2.45) is 0 Å². The van der Waals surface area contributed by atoms with Gasteiger partial charge in [-0.15, -0.1) is 0 Å². The third kappa shape index (κ3) is 2.66. The van der Waals surface area contributed by atoms with Gasteiger partial charge in [0.15, 0.2) is 0 Å². The van der Waals surface area contributed by atoms with Crippen molar-refractivity contribution in [3.63, 3.8) is 0 Å². The van der Waals surface area contributed by atoms with Crippen molar-refractivity contribution in [1.29, 1.82) is 0 Å². The second-order valence-corrected chi connectivity index (χ2v) is 4.05. The summed E-state index contributed by atoms with van der Waals surface area (Å²) in [5, 5.41) is 1.46. The number of aromatic nitrogens is 1. The second kappa shape index (κ2) is 4.27. The summed E-state index contributed by atoms with van der Waals surface area (Å²) in [5.74, 6) is 0.339. The Labute approximate surface area is 90.3 Å². The molecule has 1 aromatic heterocycles. The average Bonchev–Trinajstić information content (AvgIpc) is 2.64. The number of thiazole rings is 1. The molecule has 78 valence electrons. The van der Waals surface area contributed by atoms with Crippen LogP contribution in [0.25, 0.3) is 0 Å².